The normalized spacial score (nSPS) is 10.8. The Morgan fingerprint density at radius 3 is 2.42 bits per heavy atom. The van der Waals surface area contributed by atoms with Gasteiger partial charge in [0.2, 0.25) is 0 Å². The monoisotopic (exact) mass is 270 g/mol. The third-order valence-corrected chi connectivity index (χ3v) is 2.56. The number of halogens is 2. The second-order valence-corrected chi connectivity index (χ2v) is 3.72. The molecular formula is C12H12F2N2O3. The lowest BCUT2D eigenvalue weighted by atomic mass is 10.1. The first kappa shape index (κ1) is 13.1. The number of benzene rings is 1. The van der Waals surface area contributed by atoms with Crippen molar-refractivity contribution < 1.29 is 22.8 Å². The summed E-state index contributed by atoms with van der Waals surface area (Å²) in [6, 6.07) is 4.22. The van der Waals surface area contributed by atoms with E-state index in [2.05, 4.69) is 5.16 Å². The van der Waals surface area contributed by atoms with Gasteiger partial charge in [0.1, 0.15) is 0 Å². The average Bonchev–Trinajstić information content (AvgIpc) is 2.83. The van der Waals surface area contributed by atoms with Crippen LogP contribution in [0.1, 0.15) is 12.0 Å². The molecule has 0 saturated heterocycles. The molecule has 2 rings (SSSR count). The van der Waals surface area contributed by atoms with Crippen molar-refractivity contribution in [1.29, 1.82) is 0 Å². The van der Waals surface area contributed by atoms with Crippen LogP contribution in [0.25, 0.3) is 11.3 Å². The molecule has 2 aromatic rings. The Morgan fingerprint density at radius 2 is 1.95 bits per heavy atom. The van der Waals surface area contributed by atoms with Crippen LogP contribution in [-0.2, 0) is 0 Å². The van der Waals surface area contributed by atoms with Crippen molar-refractivity contribution in [2.24, 2.45) is 0 Å². The summed E-state index contributed by atoms with van der Waals surface area (Å²) in [4.78, 5) is 0. The highest BCUT2D eigenvalue weighted by atomic mass is 19.3. The minimum absolute atomic E-state index is 0.00580. The molecule has 0 fully saturated rings. The van der Waals surface area contributed by atoms with Crippen LogP contribution in [0.5, 0.6) is 11.5 Å². The number of alkyl halides is 2. The number of rotatable bonds is 4. The van der Waals surface area contributed by atoms with E-state index in [1.807, 2.05) is 0 Å². The van der Waals surface area contributed by atoms with Gasteiger partial charge in [-0.25, -0.2) is 8.78 Å². The number of anilines is 1. The maximum Gasteiger partial charge on any atom is 0.267 e. The molecule has 0 radical (unpaired) electrons. The summed E-state index contributed by atoms with van der Waals surface area (Å²) in [7, 11) is 2.67. The van der Waals surface area contributed by atoms with Gasteiger partial charge in [-0.2, -0.15) is 0 Å². The van der Waals surface area contributed by atoms with Gasteiger partial charge in [-0.3, -0.25) is 0 Å². The number of nitrogens with two attached hydrogens (primary N) is 1. The highest BCUT2D eigenvalue weighted by Crippen LogP contribution is 2.40. The van der Waals surface area contributed by atoms with E-state index in [0.717, 1.165) is 0 Å². The lowest BCUT2D eigenvalue weighted by molar-refractivity contribution is 0.146. The van der Waals surface area contributed by atoms with Crippen LogP contribution in [0.3, 0.4) is 0 Å². The van der Waals surface area contributed by atoms with Crippen molar-refractivity contribution in [3.05, 3.63) is 23.8 Å². The Hall–Kier alpha value is -2.31. The summed E-state index contributed by atoms with van der Waals surface area (Å²) in [5.41, 5.74) is 5.53. The minimum Gasteiger partial charge on any atom is -0.493 e. The largest absolute Gasteiger partial charge is 0.493 e. The molecule has 102 valence electrons. The quantitative estimate of drug-likeness (QED) is 0.924. The van der Waals surface area contributed by atoms with Crippen LogP contribution in [0.15, 0.2) is 22.7 Å². The summed E-state index contributed by atoms with van der Waals surface area (Å²) >= 11 is 0. The highest BCUT2D eigenvalue weighted by molar-refractivity contribution is 5.67. The molecule has 19 heavy (non-hydrogen) atoms. The third-order valence-electron chi connectivity index (χ3n) is 2.56. The molecular weight excluding hydrogens is 258 g/mol. The number of hydrogen-bond acceptors (Lipinski definition) is 5. The number of hydrogen-bond donors (Lipinski definition) is 1. The Labute approximate surface area is 107 Å². The van der Waals surface area contributed by atoms with E-state index >= 15 is 0 Å². The average molecular weight is 270 g/mol. The fraction of sp³-hybridized carbons (Fsp3) is 0.250. The van der Waals surface area contributed by atoms with Gasteiger partial charge < -0.3 is 19.7 Å². The van der Waals surface area contributed by atoms with E-state index in [1.54, 1.807) is 0 Å². The van der Waals surface area contributed by atoms with Crippen molar-refractivity contribution in [3.63, 3.8) is 0 Å². The van der Waals surface area contributed by atoms with E-state index in [9.17, 15) is 8.78 Å². The molecule has 0 spiro atoms. The minimum atomic E-state index is -2.70. The number of methoxy groups -OCH3 is 2. The van der Waals surface area contributed by atoms with Crippen molar-refractivity contribution in [3.8, 4) is 22.8 Å². The van der Waals surface area contributed by atoms with E-state index in [4.69, 9.17) is 19.7 Å². The molecule has 2 N–H and O–H groups in total. The smallest absolute Gasteiger partial charge is 0.267 e. The van der Waals surface area contributed by atoms with Crippen LogP contribution in [-0.4, -0.2) is 19.4 Å². The molecule has 0 aliphatic rings. The number of aromatic nitrogens is 1. The predicted octanol–water partition coefficient (Wildman–Crippen LogP) is 2.88. The van der Waals surface area contributed by atoms with Crippen molar-refractivity contribution in [1.82, 2.24) is 5.16 Å². The second kappa shape index (κ2) is 5.13. The van der Waals surface area contributed by atoms with Gasteiger partial charge in [0.25, 0.3) is 6.43 Å². The topological polar surface area (TPSA) is 70.5 Å². The summed E-state index contributed by atoms with van der Waals surface area (Å²) in [6.45, 7) is 0. The van der Waals surface area contributed by atoms with Crippen LogP contribution in [0.4, 0.5) is 14.6 Å². The second-order valence-electron chi connectivity index (χ2n) is 3.72. The molecule has 0 amide bonds. The zero-order valence-corrected chi connectivity index (χ0v) is 10.3. The van der Waals surface area contributed by atoms with Crippen molar-refractivity contribution >= 4 is 5.82 Å². The number of ether oxygens (including phenoxy) is 2. The fourth-order valence-corrected chi connectivity index (χ4v) is 1.72. The Kier molecular flexibility index (Phi) is 3.55. The van der Waals surface area contributed by atoms with Crippen LogP contribution < -0.4 is 15.2 Å². The summed E-state index contributed by atoms with van der Waals surface area (Å²) in [5, 5.41) is 3.51. The first-order valence-corrected chi connectivity index (χ1v) is 5.33. The maximum atomic E-state index is 13.0. The van der Waals surface area contributed by atoms with E-state index < -0.39 is 6.43 Å². The first-order chi connectivity index (χ1) is 9.06. The van der Waals surface area contributed by atoms with Gasteiger partial charge in [-0.1, -0.05) is 5.16 Å². The molecule has 0 atom stereocenters. The fourth-order valence-electron chi connectivity index (χ4n) is 1.72. The van der Waals surface area contributed by atoms with Crippen molar-refractivity contribution in [2.45, 2.75) is 6.43 Å². The van der Waals surface area contributed by atoms with Gasteiger partial charge in [-0.05, 0) is 12.1 Å². The third kappa shape index (κ3) is 2.44. The van der Waals surface area contributed by atoms with Gasteiger partial charge >= 0.3 is 0 Å². The highest BCUT2D eigenvalue weighted by Gasteiger charge is 2.21. The predicted molar refractivity (Wildman–Crippen MR) is 64.4 cm³/mol. The van der Waals surface area contributed by atoms with E-state index in [-0.39, 0.29) is 28.6 Å². The zero-order valence-electron chi connectivity index (χ0n) is 10.3. The molecule has 1 aromatic heterocycles. The first-order valence-electron chi connectivity index (χ1n) is 5.33. The molecule has 1 aromatic carbocycles. The number of nitrogen functional groups attached to an aromatic ring is 1. The SMILES string of the molecule is COc1cc(-c2cc(N)no2)cc(C(F)F)c1OC. The van der Waals surface area contributed by atoms with Crippen LogP contribution >= 0.6 is 0 Å². The number of nitrogens with zero attached hydrogens (tertiary/aromatic N) is 1. The Bertz CT molecular complexity index is 584. The van der Waals surface area contributed by atoms with Crippen LogP contribution in [0.2, 0.25) is 0 Å². The van der Waals surface area contributed by atoms with Crippen molar-refractivity contribution in [2.75, 3.05) is 20.0 Å². The lowest BCUT2D eigenvalue weighted by Gasteiger charge is -2.13. The van der Waals surface area contributed by atoms with E-state index in [1.165, 1.54) is 32.4 Å². The molecule has 0 aliphatic carbocycles. The van der Waals surface area contributed by atoms with Gasteiger partial charge in [0, 0.05) is 11.6 Å². The molecule has 1 heterocycles. The molecule has 0 bridgehead atoms. The van der Waals surface area contributed by atoms with Gasteiger partial charge in [0.05, 0.1) is 19.8 Å². The Balaban J connectivity index is 2.60. The van der Waals surface area contributed by atoms with Gasteiger partial charge in [0.15, 0.2) is 23.1 Å². The Morgan fingerprint density at radius 1 is 1.21 bits per heavy atom. The molecule has 0 unspecified atom stereocenters. The molecule has 0 saturated carbocycles. The molecule has 5 nitrogen and oxygen atoms in total. The summed E-state index contributed by atoms with van der Waals surface area (Å²) < 4.78 is 41.0. The van der Waals surface area contributed by atoms with Crippen LogP contribution in [0, 0.1) is 0 Å². The molecule has 0 aliphatic heterocycles. The summed E-state index contributed by atoms with van der Waals surface area (Å²) in [6.07, 6.45) is -2.70. The van der Waals surface area contributed by atoms with E-state index in [0.29, 0.717) is 5.56 Å². The summed E-state index contributed by atoms with van der Waals surface area (Å²) in [5.74, 6) is 0.628. The van der Waals surface area contributed by atoms with Gasteiger partial charge in [-0.15, -0.1) is 0 Å². The standard InChI is InChI=1S/C12H12F2N2O3/c1-17-9-4-6(8-5-10(15)16-19-8)3-7(12(13)14)11(9)18-2/h3-5,12H,1-2H3,(H2,15,16). The zero-order chi connectivity index (χ0) is 14.0. The lowest BCUT2D eigenvalue weighted by Crippen LogP contribution is -1.97. The molecule has 7 heteroatoms. The maximum absolute atomic E-state index is 13.0.